The van der Waals surface area contributed by atoms with E-state index in [1.165, 1.54) is 19.3 Å². The van der Waals surface area contributed by atoms with Crippen molar-refractivity contribution in [1.29, 1.82) is 0 Å². The zero-order chi connectivity index (χ0) is 18.0. The van der Waals surface area contributed by atoms with E-state index in [2.05, 4.69) is 17.1 Å². The van der Waals surface area contributed by atoms with E-state index in [-0.39, 0.29) is 11.9 Å². The van der Waals surface area contributed by atoms with E-state index in [1.54, 1.807) is 0 Å². The van der Waals surface area contributed by atoms with Crippen molar-refractivity contribution in [2.45, 2.75) is 70.4 Å². The summed E-state index contributed by atoms with van der Waals surface area (Å²) in [5.74, 6) is 0.120. The number of para-hydroxylation sites is 1. The molecule has 1 heterocycles. The Morgan fingerprint density at radius 2 is 1.88 bits per heavy atom. The normalized spacial score (nSPS) is 18.9. The Labute approximate surface area is 150 Å². The molecule has 25 heavy (non-hydrogen) atoms. The number of nitrogens with two attached hydrogens (primary N) is 1. The first kappa shape index (κ1) is 18.0. The van der Waals surface area contributed by atoms with Crippen LogP contribution in [0.1, 0.15) is 64.4 Å². The van der Waals surface area contributed by atoms with Gasteiger partial charge in [0.15, 0.2) is 0 Å². The van der Waals surface area contributed by atoms with Gasteiger partial charge in [0.2, 0.25) is 0 Å². The molecule has 0 saturated heterocycles. The van der Waals surface area contributed by atoms with E-state index in [0.717, 1.165) is 29.3 Å². The first-order chi connectivity index (χ1) is 11.9. The van der Waals surface area contributed by atoms with Gasteiger partial charge in [-0.1, -0.05) is 37.5 Å². The minimum Gasteiger partial charge on any atom is -0.459 e. The van der Waals surface area contributed by atoms with Gasteiger partial charge in [0.1, 0.15) is 11.6 Å². The molecule has 0 radical (unpaired) electrons. The molecular weight excluding hydrogens is 312 g/mol. The molecule has 3 rings (SSSR count). The van der Waals surface area contributed by atoms with Crippen LogP contribution >= 0.6 is 0 Å². The molecule has 2 aromatic rings. The van der Waals surface area contributed by atoms with Crippen molar-refractivity contribution in [2.24, 2.45) is 11.7 Å². The van der Waals surface area contributed by atoms with Crippen molar-refractivity contribution < 1.29 is 9.53 Å². The van der Waals surface area contributed by atoms with Crippen LogP contribution in [-0.2, 0) is 9.53 Å². The quantitative estimate of drug-likeness (QED) is 0.804. The van der Waals surface area contributed by atoms with Crippen LogP contribution in [0.15, 0.2) is 30.5 Å². The van der Waals surface area contributed by atoms with Gasteiger partial charge in [-0.25, -0.2) is 0 Å². The van der Waals surface area contributed by atoms with Crippen molar-refractivity contribution in [1.82, 2.24) is 4.98 Å². The smallest absolute Gasteiger partial charge is 0.324 e. The summed E-state index contributed by atoms with van der Waals surface area (Å²) in [6.45, 7) is 5.66. The summed E-state index contributed by atoms with van der Waals surface area (Å²) in [6, 6.07) is 7.60. The summed E-state index contributed by atoms with van der Waals surface area (Å²) >= 11 is 0. The number of ether oxygens (including phenoxy) is 1. The second-order valence-corrected chi connectivity index (χ2v) is 8.27. The highest BCUT2D eigenvalue weighted by Gasteiger charge is 2.37. The highest BCUT2D eigenvalue weighted by Crippen LogP contribution is 2.40. The number of nitrogens with one attached hydrogen (secondary N) is 1. The van der Waals surface area contributed by atoms with Gasteiger partial charge in [-0.2, -0.15) is 0 Å². The minimum absolute atomic E-state index is 0.00806. The molecule has 1 aliphatic carbocycles. The first-order valence-electron chi connectivity index (χ1n) is 9.41. The molecule has 4 nitrogen and oxygen atoms in total. The third-order valence-corrected chi connectivity index (χ3v) is 5.20. The molecule has 3 N–H and O–H groups in total. The van der Waals surface area contributed by atoms with Gasteiger partial charge in [-0.15, -0.1) is 0 Å². The minimum atomic E-state index is -0.637. The second-order valence-electron chi connectivity index (χ2n) is 8.27. The number of rotatable bonds is 4. The second kappa shape index (κ2) is 7.20. The van der Waals surface area contributed by atoms with Crippen LogP contribution < -0.4 is 5.73 Å². The number of esters is 1. The maximum atomic E-state index is 12.7. The highest BCUT2D eigenvalue weighted by atomic mass is 16.6. The Kier molecular flexibility index (Phi) is 5.19. The van der Waals surface area contributed by atoms with Crippen molar-refractivity contribution in [3.8, 4) is 0 Å². The number of aromatic amines is 1. The number of carbonyl (C=O) groups is 1. The van der Waals surface area contributed by atoms with E-state index in [0.29, 0.717) is 5.92 Å². The SMILES string of the molecule is CC(C)(C)OC(=O)[C@H](N)[C@@H](c1c[nH]c2ccccc12)C1CCCCC1. The third-order valence-electron chi connectivity index (χ3n) is 5.20. The predicted molar refractivity (Wildman–Crippen MR) is 101 cm³/mol. The van der Waals surface area contributed by atoms with Gasteiger partial charge in [0.05, 0.1) is 0 Å². The van der Waals surface area contributed by atoms with Crippen LogP contribution in [0, 0.1) is 5.92 Å². The van der Waals surface area contributed by atoms with Crippen LogP contribution in [0.3, 0.4) is 0 Å². The van der Waals surface area contributed by atoms with Gasteiger partial charge >= 0.3 is 5.97 Å². The average molecular weight is 342 g/mol. The molecule has 4 heteroatoms. The molecule has 0 aliphatic heterocycles. The van der Waals surface area contributed by atoms with Gasteiger partial charge in [-0.05, 0) is 51.2 Å². The molecule has 1 aromatic carbocycles. The molecule has 1 aliphatic rings. The Bertz CT molecular complexity index is 723. The standard InChI is InChI=1S/C21H30N2O2/c1-21(2,3)25-20(24)19(22)18(14-9-5-4-6-10-14)16-13-23-17-12-8-7-11-15(16)17/h7-8,11-14,18-19,23H,4-6,9-10,22H2,1-3H3/t18-,19-/m1/s1. The monoisotopic (exact) mass is 342 g/mol. The number of fused-ring (bicyclic) bond motifs is 1. The number of benzene rings is 1. The Morgan fingerprint density at radius 3 is 2.56 bits per heavy atom. The molecule has 2 atom stereocenters. The number of H-pyrrole nitrogens is 1. The van der Waals surface area contributed by atoms with Crippen LogP contribution in [0.2, 0.25) is 0 Å². The Balaban J connectivity index is 1.96. The molecule has 1 saturated carbocycles. The molecular formula is C21H30N2O2. The summed E-state index contributed by atoms with van der Waals surface area (Å²) in [4.78, 5) is 16.1. The van der Waals surface area contributed by atoms with Gasteiger partial charge < -0.3 is 15.5 Å². The topological polar surface area (TPSA) is 68.1 Å². The zero-order valence-electron chi connectivity index (χ0n) is 15.5. The van der Waals surface area contributed by atoms with Crippen molar-refractivity contribution in [3.63, 3.8) is 0 Å². The molecule has 136 valence electrons. The lowest BCUT2D eigenvalue weighted by Crippen LogP contribution is -2.44. The lowest BCUT2D eigenvalue weighted by molar-refractivity contribution is -0.157. The number of hydrogen-bond acceptors (Lipinski definition) is 3. The fourth-order valence-corrected chi connectivity index (χ4v) is 4.12. The van der Waals surface area contributed by atoms with Gasteiger partial charge in [0, 0.05) is 23.0 Å². The molecule has 1 aromatic heterocycles. The van der Waals surface area contributed by atoms with Crippen LogP contribution in [0.5, 0.6) is 0 Å². The number of carbonyl (C=O) groups excluding carboxylic acids is 1. The van der Waals surface area contributed by atoms with E-state index in [1.807, 2.05) is 39.1 Å². The summed E-state index contributed by atoms with van der Waals surface area (Å²) in [7, 11) is 0. The molecule has 0 bridgehead atoms. The molecule has 0 spiro atoms. The third kappa shape index (κ3) is 4.06. The highest BCUT2D eigenvalue weighted by molar-refractivity contribution is 5.85. The predicted octanol–water partition coefficient (Wildman–Crippen LogP) is 4.50. The maximum Gasteiger partial charge on any atom is 0.324 e. The first-order valence-corrected chi connectivity index (χ1v) is 9.41. The van der Waals surface area contributed by atoms with Crippen LogP contribution in [0.4, 0.5) is 0 Å². The van der Waals surface area contributed by atoms with Crippen molar-refractivity contribution >= 4 is 16.9 Å². The Morgan fingerprint density at radius 1 is 1.20 bits per heavy atom. The molecule has 1 fully saturated rings. The van der Waals surface area contributed by atoms with Crippen LogP contribution in [-0.4, -0.2) is 22.6 Å². The van der Waals surface area contributed by atoms with Gasteiger partial charge in [-0.3, -0.25) is 4.79 Å². The van der Waals surface area contributed by atoms with E-state index in [9.17, 15) is 4.79 Å². The summed E-state index contributed by atoms with van der Waals surface area (Å²) in [6.07, 6.45) is 7.99. The maximum absolute atomic E-state index is 12.7. The molecule has 0 amide bonds. The number of hydrogen-bond donors (Lipinski definition) is 2. The lowest BCUT2D eigenvalue weighted by Gasteiger charge is -2.34. The fourth-order valence-electron chi connectivity index (χ4n) is 4.12. The zero-order valence-corrected chi connectivity index (χ0v) is 15.5. The van der Waals surface area contributed by atoms with E-state index in [4.69, 9.17) is 10.5 Å². The van der Waals surface area contributed by atoms with E-state index < -0.39 is 11.6 Å². The van der Waals surface area contributed by atoms with Crippen LogP contribution in [0.25, 0.3) is 10.9 Å². The Hall–Kier alpha value is -1.81. The van der Waals surface area contributed by atoms with Crippen molar-refractivity contribution in [2.75, 3.05) is 0 Å². The average Bonchev–Trinajstić information content (AvgIpc) is 2.98. The summed E-state index contributed by atoms with van der Waals surface area (Å²) < 4.78 is 5.61. The number of aromatic nitrogens is 1. The van der Waals surface area contributed by atoms with Crippen molar-refractivity contribution in [3.05, 3.63) is 36.0 Å². The summed E-state index contributed by atoms with van der Waals surface area (Å²) in [5.41, 5.74) is 8.22. The largest absolute Gasteiger partial charge is 0.459 e. The fraction of sp³-hybridized carbons (Fsp3) is 0.571. The molecule has 0 unspecified atom stereocenters. The summed E-state index contributed by atoms with van der Waals surface area (Å²) in [5, 5.41) is 1.16. The van der Waals surface area contributed by atoms with E-state index >= 15 is 0 Å². The lowest BCUT2D eigenvalue weighted by atomic mass is 9.73. The van der Waals surface area contributed by atoms with Gasteiger partial charge in [0.25, 0.3) is 0 Å².